The number of rotatable bonds is 2. The van der Waals surface area contributed by atoms with Gasteiger partial charge in [0, 0.05) is 37.4 Å². The predicted molar refractivity (Wildman–Crippen MR) is 65.2 cm³/mol. The molecule has 4 heteroatoms. The number of halogens is 2. The molecule has 17 heavy (non-hydrogen) atoms. The smallest absolute Gasteiger partial charge is 0.160 e. The monoisotopic (exact) mass is 240 g/mol. The second kappa shape index (κ2) is 5.00. The van der Waals surface area contributed by atoms with Crippen molar-refractivity contribution in [1.82, 2.24) is 5.32 Å². The molecule has 2 nitrogen and oxygen atoms in total. The fourth-order valence-corrected chi connectivity index (χ4v) is 2.31. The highest BCUT2D eigenvalue weighted by Crippen LogP contribution is 2.24. The first-order valence-corrected chi connectivity index (χ1v) is 6.02. The summed E-state index contributed by atoms with van der Waals surface area (Å²) in [5, 5.41) is 3.33. The summed E-state index contributed by atoms with van der Waals surface area (Å²) in [6, 6.07) is 4.47. The molecule has 0 radical (unpaired) electrons. The van der Waals surface area contributed by atoms with Crippen molar-refractivity contribution in [2.75, 3.05) is 24.5 Å². The van der Waals surface area contributed by atoms with Crippen molar-refractivity contribution < 1.29 is 8.78 Å². The quantitative estimate of drug-likeness (QED) is 0.854. The first kappa shape index (κ1) is 12.3. The molecule has 1 unspecified atom stereocenters. The van der Waals surface area contributed by atoms with Crippen molar-refractivity contribution in [3.8, 4) is 0 Å². The molecule has 0 amide bonds. The van der Waals surface area contributed by atoms with Gasteiger partial charge in [-0.25, -0.2) is 8.78 Å². The first-order chi connectivity index (χ1) is 8.09. The Morgan fingerprint density at radius 3 is 2.71 bits per heavy atom. The topological polar surface area (TPSA) is 15.3 Å². The van der Waals surface area contributed by atoms with E-state index in [1.165, 1.54) is 12.1 Å². The SMILES string of the molecule is CC(C)C1CNCCN1c1ccc(F)c(F)c1. The number of hydrogen-bond acceptors (Lipinski definition) is 2. The molecule has 1 aromatic rings. The zero-order chi connectivity index (χ0) is 12.4. The number of nitrogens with one attached hydrogen (secondary N) is 1. The zero-order valence-electron chi connectivity index (χ0n) is 10.2. The van der Waals surface area contributed by atoms with Crippen LogP contribution >= 0.6 is 0 Å². The molecule has 0 aliphatic carbocycles. The van der Waals surface area contributed by atoms with E-state index in [0.717, 1.165) is 25.3 Å². The van der Waals surface area contributed by atoms with Gasteiger partial charge in [-0.15, -0.1) is 0 Å². The summed E-state index contributed by atoms with van der Waals surface area (Å²) >= 11 is 0. The molecule has 1 aromatic carbocycles. The van der Waals surface area contributed by atoms with Gasteiger partial charge in [-0.05, 0) is 18.1 Å². The second-order valence-corrected chi connectivity index (χ2v) is 4.81. The number of piperazine rings is 1. The Morgan fingerprint density at radius 1 is 1.29 bits per heavy atom. The first-order valence-electron chi connectivity index (χ1n) is 6.02. The van der Waals surface area contributed by atoms with Crippen LogP contribution in [0.25, 0.3) is 0 Å². The minimum Gasteiger partial charge on any atom is -0.366 e. The molecule has 0 aromatic heterocycles. The van der Waals surface area contributed by atoms with Crippen LogP contribution in [0.4, 0.5) is 14.5 Å². The van der Waals surface area contributed by atoms with E-state index in [2.05, 4.69) is 24.1 Å². The summed E-state index contributed by atoms with van der Waals surface area (Å²) < 4.78 is 26.2. The van der Waals surface area contributed by atoms with Gasteiger partial charge >= 0.3 is 0 Å². The fraction of sp³-hybridized carbons (Fsp3) is 0.538. The average molecular weight is 240 g/mol. The summed E-state index contributed by atoms with van der Waals surface area (Å²) in [6.45, 7) is 6.88. The number of nitrogens with zero attached hydrogens (tertiary/aromatic N) is 1. The molecule has 0 saturated carbocycles. The lowest BCUT2D eigenvalue weighted by molar-refractivity contribution is 0.389. The average Bonchev–Trinajstić information content (AvgIpc) is 2.32. The molecule has 1 aliphatic heterocycles. The van der Waals surface area contributed by atoms with Gasteiger partial charge in [0.05, 0.1) is 0 Å². The Labute approximate surface area is 101 Å². The van der Waals surface area contributed by atoms with Crippen molar-refractivity contribution in [2.24, 2.45) is 5.92 Å². The third-order valence-electron chi connectivity index (χ3n) is 3.29. The van der Waals surface area contributed by atoms with Gasteiger partial charge in [0.2, 0.25) is 0 Å². The van der Waals surface area contributed by atoms with Crippen LogP contribution in [0.5, 0.6) is 0 Å². The van der Waals surface area contributed by atoms with Gasteiger partial charge in [0.25, 0.3) is 0 Å². The third kappa shape index (κ3) is 2.57. The molecule has 94 valence electrons. The molecule has 2 rings (SSSR count). The summed E-state index contributed by atoms with van der Waals surface area (Å²) in [5.41, 5.74) is 0.768. The van der Waals surface area contributed by atoms with E-state index in [4.69, 9.17) is 0 Å². The minimum atomic E-state index is -0.787. The highest BCUT2D eigenvalue weighted by atomic mass is 19.2. The molecule has 1 heterocycles. The molecule has 1 N–H and O–H groups in total. The minimum absolute atomic E-state index is 0.327. The Hall–Kier alpha value is -1.16. The highest BCUT2D eigenvalue weighted by Gasteiger charge is 2.25. The van der Waals surface area contributed by atoms with Crippen LogP contribution in [0.15, 0.2) is 18.2 Å². The largest absolute Gasteiger partial charge is 0.366 e. The maximum absolute atomic E-state index is 13.2. The lowest BCUT2D eigenvalue weighted by atomic mass is 10.00. The Kier molecular flexibility index (Phi) is 3.62. The summed E-state index contributed by atoms with van der Waals surface area (Å²) in [5.74, 6) is -1.09. The van der Waals surface area contributed by atoms with Crippen molar-refractivity contribution in [3.05, 3.63) is 29.8 Å². The van der Waals surface area contributed by atoms with Crippen molar-refractivity contribution in [2.45, 2.75) is 19.9 Å². The van der Waals surface area contributed by atoms with Crippen molar-refractivity contribution in [3.63, 3.8) is 0 Å². The van der Waals surface area contributed by atoms with Crippen LogP contribution in [0.3, 0.4) is 0 Å². The van der Waals surface area contributed by atoms with E-state index >= 15 is 0 Å². The van der Waals surface area contributed by atoms with Gasteiger partial charge < -0.3 is 10.2 Å². The van der Waals surface area contributed by atoms with E-state index in [9.17, 15) is 8.78 Å². The van der Waals surface area contributed by atoms with E-state index in [-0.39, 0.29) is 0 Å². The molecule has 1 atom stereocenters. The summed E-state index contributed by atoms with van der Waals surface area (Å²) in [7, 11) is 0. The number of anilines is 1. The van der Waals surface area contributed by atoms with Crippen LogP contribution in [-0.4, -0.2) is 25.7 Å². The van der Waals surface area contributed by atoms with Crippen LogP contribution in [0, 0.1) is 17.6 Å². The van der Waals surface area contributed by atoms with E-state index in [1.54, 1.807) is 6.07 Å². The van der Waals surface area contributed by atoms with Crippen molar-refractivity contribution in [1.29, 1.82) is 0 Å². The Balaban J connectivity index is 2.26. The lowest BCUT2D eigenvalue weighted by Gasteiger charge is -2.40. The molecule has 0 spiro atoms. The normalized spacial score (nSPS) is 21.0. The van der Waals surface area contributed by atoms with Gasteiger partial charge in [-0.1, -0.05) is 13.8 Å². The molecular formula is C13H18F2N2. The van der Waals surface area contributed by atoms with Crippen LogP contribution in [-0.2, 0) is 0 Å². The predicted octanol–water partition coefficient (Wildman–Crippen LogP) is 2.40. The maximum atomic E-state index is 13.2. The molecular weight excluding hydrogens is 222 g/mol. The van der Waals surface area contributed by atoms with Gasteiger partial charge in [0.1, 0.15) is 0 Å². The molecule has 0 bridgehead atoms. The van der Waals surface area contributed by atoms with E-state index in [0.29, 0.717) is 12.0 Å². The van der Waals surface area contributed by atoms with E-state index in [1.807, 2.05) is 0 Å². The van der Waals surface area contributed by atoms with Crippen LogP contribution in [0.2, 0.25) is 0 Å². The number of hydrogen-bond donors (Lipinski definition) is 1. The Bertz CT molecular complexity index is 393. The van der Waals surface area contributed by atoms with Gasteiger partial charge in [-0.2, -0.15) is 0 Å². The van der Waals surface area contributed by atoms with Gasteiger partial charge in [-0.3, -0.25) is 0 Å². The third-order valence-corrected chi connectivity index (χ3v) is 3.29. The molecule has 1 aliphatic rings. The lowest BCUT2D eigenvalue weighted by Crippen LogP contribution is -2.53. The van der Waals surface area contributed by atoms with Crippen molar-refractivity contribution >= 4 is 5.69 Å². The van der Waals surface area contributed by atoms with Crippen LogP contribution in [0.1, 0.15) is 13.8 Å². The van der Waals surface area contributed by atoms with Gasteiger partial charge in [0.15, 0.2) is 11.6 Å². The standard InChI is InChI=1S/C13H18F2N2/c1-9(2)13-8-16-5-6-17(13)10-3-4-11(14)12(15)7-10/h3-4,7,9,13,16H,5-6,8H2,1-2H3. The molecule has 1 fully saturated rings. The van der Waals surface area contributed by atoms with Crippen LogP contribution < -0.4 is 10.2 Å². The highest BCUT2D eigenvalue weighted by molar-refractivity contribution is 5.48. The summed E-state index contributed by atoms with van der Waals surface area (Å²) in [6.07, 6.45) is 0. The zero-order valence-corrected chi connectivity index (χ0v) is 10.2. The molecule has 1 saturated heterocycles. The maximum Gasteiger partial charge on any atom is 0.160 e. The number of benzene rings is 1. The van der Waals surface area contributed by atoms with E-state index < -0.39 is 11.6 Å². The fourth-order valence-electron chi connectivity index (χ4n) is 2.31. The second-order valence-electron chi connectivity index (χ2n) is 4.81. The Morgan fingerprint density at radius 2 is 2.06 bits per heavy atom. The summed E-state index contributed by atoms with van der Waals surface area (Å²) in [4.78, 5) is 2.16.